The highest BCUT2D eigenvalue weighted by molar-refractivity contribution is 5.97. The molecule has 2 aromatic rings. The third-order valence-electron chi connectivity index (χ3n) is 5.23. The SMILES string of the molecule is CC(=O)N1CCc2cc(C(=O)NCc3cccnc3N3CCOCC3)ccc21. The first-order chi connectivity index (χ1) is 13.6. The molecule has 0 atom stereocenters. The Morgan fingerprint density at radius 1 is 1.18 bits per heavy atom. The van der Waals surface area contributed by atoms with E-state index in [4.69, 9.17) is 4.74 Å². The van der Waals surface area contributed by atoms with E-state index in [1.54, 1.807) is 24.1 Å². The lowest BCUT2D eigenvalue weighted by atomic mass is 10.1. The number of anilines is 2. The molecule has 0 unspecified atom stereocenters. The Morgan fingerprint density at radius 2 is 2.00 bits per heavy atom. The van der Waals surface area contributed by atoms with Crippen LogP contribution in [0.4, 0.5) is 11.5 Å². The third-order valence-corrected chi connectivity index (χ3v) is 5.23. The zero-order valence-electron chi connectivity index (χ0n) is 16.0. The number of carbonyl (C=O) groups is 2. The van der Waals surface area contributed by atoms with Crippen LogP contribution >= 0.6 is 0 Å². The predicted molar refractivity (Wildman–Crippen MR) is 107 cm³/mol. The van der Waals surface area contributed by atoms with Crippen LogP contribution in [0.3, 0.4) is 0 Å². The molecule has 0 spiro atoms. The van der Waals surface area contributed by atoms with Gasteiger partial charge in [0.05, 0.1) is 13.2 Å². The number of pyridine rings is 1. The van der Waals surface area contributed by atoms with Gasteiger partial charge in [-0.1, -0.05) is 6.07 Å². The highest BCUT2D eigenvalue weighted by Crippen LogP contribution is 2.29. The molecule has 2 amide bonds. The minimum absolute atomic E-state index is 0.0307. The van der Waals surface area contributed by atoms with E-state index < -0.39 is 0 Å². The van der Waals surface area contributed by atoms with Crippen LogP contribution in [0.2, 0.25) is 0 Å². The molecule has 0 bridgehead atoms. The molecule has 3 heterocycles. The number of hydrogen-bond donors (Lipinski definition) is 1. The number of nitrogens with one attached hydrogen (secondary N) is 1. The summed E-state index contributed by atoms with van der Waals surface area (Å²) < 4.78 is 5.41. The van der Waals surface area contributed by atoms with Gasteiger partial charge in [-0.05, 0) is 36.2 Å². The van der Waals surface area contributed by atoms with Crippen molar-refractivity contribution in [2.24, 2.45) is 0 Å². The summed E-state index contributed by atoms with van der Waals surface area (Å²) in [5, 5.41) is 3.00. The Balaban J connectivity index is 1.45. The van der Waals surface area contributed by atoms with Gasteiger partial charge in [-0.2, -0.15) is 0 Å². The van der Waals surface area contributed by atoms with E-state index in [1.165, 1.54) is 0 Å². The molecular weight excluding hydrogens is 356 g/mol. The molecule has 146 valence electrons. The number of morpholine rings is 1. The van der Waals surface area contributed by atoms with Crippen LogP contribution in [0.1, 0.15) is 28.4 Å². The molecule has 28 heavy (non-hydrogen) atoms. The van der Waals surface area contributed by atoms with Gasteiger partial charge in [-0.3, -0.25) is 9.59 Å². The smallest absolute Gasteiger partial charge is 0.251 e. The fraction of sp³-hybridized carbons (Fsp3) is 0.381. The van der Waals surface area contributed by atoms with Gasteiger partial charge in [0.25, 0.3) is 5.91 Å². The average molecular weight is 380 g/mol. The maximum absolute atomic E-state index is 12.7. The number of fused-ring (bicyclic) bond motifs is 1. The Morgan fingerprint density at radius 3 is 2.79 bits per heavy atom. The molecule has 7 nitrogen and oxygen atoms in total. The summed E-state index contributed by atoms with van der Waals surface area (Å²) in [6.07, 6.45) is 2.55. The zero-order chi connectivity index (χ0) is 19.5. The minimum Gasteiger partial charge on any atom is -0.378 e. The largest absolute Gasteiger partial charge is 0.378 e. The van der Waals surface area contributed by atoms with Crippen LogP contribution in [-0.4, -0.2) is 49.6 Å². The zero-order valence-corrected chi connectivity index (χ0v) is 16.0. The number of ether oxygens (including phenoxy) is 1. The number of rotatable bonds is 4. The van der Waals surface area contributed by atoms with Crippen molar-refractivity contribution in [3.63, 3.8) is 0 Å². The summed E-state index contributed by atoms with van der Waals surface area (Å²) in [5.41, 5.74) is 3.55. The van der Waals surface area contributed by atoms with Crippen molar-refractivity contribution < 1.29 is 14.3 Å². The summed E-state index contributed by atoms with van der Waals surface area (Å²) in [5.74, 6) is 0.807. The average Bonchev–Trinajstić information content (AvgIpc) is 3.16. The van der Waals surface area contributed by atoms with Crippen molar-refractivity contribution in [1.29, 1.82) is 0 Å². The molecule has 2 aliphatic heterocycles. The maximum atomic E-state index is 12.7. The monoisotopic (exact) mass is 380 g/mol. The second kappa shape index (κ2) is 7.98. The highest BCUT2D eigenvalue weighted by atomic mass is 16.5. The van der Waals surface area contributed by atoms with Crippen molar-refractivity contribution in [2.75, 3.05) is 42.6 Å². The third kappa shape index (κ3) is 3.71. The van der Waals surface area contributed by atoms with Crippen molar-refractivity contribution in [1.82, 2.24) is 10.3 Å². The number of amides is 2. The Hall–Kier alpha value is -2.93. The molecule has 0 aliphatic carbocycles. The van der Waals surface area contributed by atoms with Gasteiger partial charge in [-0.15, -0.1) is 0 Å². The fourth-order valence-electron chi connectivity index (χ4n) is 3.78. The first-order valence-electron chi connectivity index (χ1n) is 9.59. The molecule has 0 radical (unpaired) electrons. The summed E-state index contributed by atoms with van der Waals surface area (Å²) >= 11 is 0. The van der Waals surface area contributed by atoms with E-state index >= 15 is 0 Å². The molecule has 2 aliphatic rings. The summed E-state index contributed by atoms with van der Waals surface area (Å²) in [6, 6.07) is 9.41. The fourth-order valence-corrected chi connectivity index (χ4v) is 3.78. The number of benzene rings is 1. The van der Waals surface area contributed by atoms with Crippen LogP contribution < -0.4 is 15.1 Å². The molecule has 1 saturated heterocycles. The molecule has 7 heteroatoms. The van der Waals surface area contributed by atoms with E-state index in [0.29, 0.717) is 31.9 Å². The lowest BCUT2D eigenvalue weighted by molar-refractivity contribution is -0.116. The van der Waals surface area contributed by atoms with E-state index in [2.05, 4.69) is 15.2 Å². The highest BCUT2D eigenvalue weighted by Gasteiger charge is 2.23. The first-order valence-corrected chi connectivity index (χ1v) is 9.59. The van der Waals surface area contributed by atoms with Crippen LogP contribution in [0.25, 0.3) is 0 Å². The van der Waals surface area contributed by atoms with Gasteiger partial charge in [0.15, 0.2) is 0 Å². The number of nitrogens with zero attached hydrogens (tertiary/aromatic N) is 3. The molecule has 1 aromatic carbocycles. The predicted octanol–water partition coefficient (Wildman–Crippen LogP) is 1.76. The summed E-state index contributed by atoms with van der Waals surface area (Å²) in [4.78, 5) is 32.8. The molecule has 1 aromatic heterocycles. The molecular formula is C21H24N4O3. The van der Waals surface area contributed by atoms with Crippen LogP contribution in [0, 0.1) is 0 Å². The van der Waals surface area contributed by atoms with E-state index in [9.17, 15) is 9.59 Å². The first kappa shape index (κ1) is 18.4. The Labute approximate surface area is 164 Å². The summed E-state index contributed by atoms with van der Waals surface area (Å²) in [6.45, 7) is 5.63. The lowest BCUT2D eigenvalue weighted by Gasteiger charge is -2.29. The van der Waals surface area contributed by atoms with E-state index in [-0.39, 0.29) is 11.8 Å². The van der Waals surface area contributed by atoms with E-state index in [0.717, 1.165) is 42.1 Å². The van der Waals surface area contributed by atoms with Crippen molar-refractivity contribution in [2.45, 2.75) is 19.9 Å². The van der Waals surface area contributed by atoms with Gasteiger partial charge < -0.3 is 19.9 Å². The summed E-state index contributed by atoms with van der Waals surface area (Å²) in [7, 11) is 0. The molecule has 4 rings (SSSR count). The number of carbonyl (C=O) groups excluding carboxylic acids is 2. The van der Waals surface area contributed by atoms with Crippen molar-refractivity contribution in [3.05, 3.63) is 53.2 Å². The lowest BCUT2D eigenvalue weighted by Crippen LogP contribution is -2.37. The second-order valence-corrected chi connectivity index (χ2v) is 7.03. The number of hydrogen-bond acceptors (Lipinski definition) is 5. The van der Waals surface area contributed by atoms with Crippen LogP contribution in [0.15, 0.2) is 36.5 Å². The van der Waals surface area contributed by atoms with Gasteiger partial charge >= 0.3 is 0 Å². The molecule has 0 saturated carbocycles. The molecule has 1 fully saturated rings. The standard InChI is InChI=1S/C21H24N4O3/c1-15(26)25-8-6-16-13-17(4-5-19(16)25)21(27)23-14-18-3-2-7-22-20(18)24-9-11-28-12-10-24/h2-5,7,13H,6,8-12,14H2,1H3,(H,23,27). The topological polar surface area (TPSA) is 74.8 Å². The quantitative estimate of drug-likeness (QED) is 0.875. The number of aromatic nitrogens is 1. The van der Waals surface area contributed by atoms with Gasteiger partial charge in [-0.25, -0.2) is 4.98 Å². The second-order valence-electron chi connectivity index (χ2n) is 7.03. The molecule has 1 N–H and O–H groups in total. The van der Waals surface area contributed by atoms with Gasteiger partial charge in [0.2, 0.25) is 5.91 Å². The Bertz CT molecular complexity index is 893. The van der Waals surface area contributed by atoms with Crippen LogP contribution in [0.5, 0.6) is 0 Å². The van der Waals surface area contributed by atoms with Crippen molar-refractivity contribution >= 4 is 23.3 Å². The van der Waals surface area contributed by atoms with Crippen molar-refractivity contribution in [3.8, 4) is 0 Å². The maximum Gasteiger partial charge on any atom is 0.251 e. The van der Waals surface area contributed by atoms with Crippen LogP contribution in [-0.2, 0) is 22.5 Å². The van der Waals surface area contributed by atoms with Gasteiger partial charge in [0.1, 0.15) is 5.82 Å². The van der Waals surface area contributed by atoms with E-state index in [1.807, 2.05) is 24.3 Å². The normalized spacial score (nSPS) is 16.0. The minimum atomic E-state index is -0.124. The van der Waals surface area contributed by atoms with Gasteiger partial charge in [0, 0.05) is 56.1 Å². The Kier molecular flexibility index (Phi) is 5.25.